The number of carbonyl (C=O) groups is 1. The van der Waals surface area contributed by atoms with Crippen molar-refractivity contribution in [3.8, 4) is 22.9 Å². The van der Waals surface area contributed by atoms with E-state index in [0.717, 1.165) is 29.5 Å². The van der Waals surface area contributed by atoms with Gasteiger partial charge < -0.3 is 19.7 Å². The van der Waals surface area contributed by atoms with Gasteiger partial charge >= 0.3 is 12.1 Å². The molecule has 41 heavy (non-hydrogen) atoms. The highest BCUT2D eigenvalue weighted by Gasteiger charge is 2.69. The Balaban J connectivity index is 1.37. The van der Waals surface area contributed by atoms with Crippen LogP contribution in [-0.2, 0) is 29.4 Å². The molecule has 3 atom stereocenters. The van der Waals surface area contributed by atoms with Crippen molar-refractivity contribution in [2.24, 2.45) is 11.8 Å². The lowest BCUT2D eigenvalue weighted by Gasteiger charge is -2.18. The minimum atomic E-state index is -4.94. The van der Waals surface area contributed by atoms with Gasteiger partial charge in [-0.3, -0.25) is 4.79 Å². The summed E-state index contributed by atoms with van der Waals surface area (Å²) in [4.78, 5) is 19.5. The minimum absolute atomic E-state index is 0.0470. The summed E-state index contributed by atoms with van der Waals surface area (Å²) in [5.74, 6) is -3.90. The fraction of sp³-hybridized carbons (Fsp3) is 0.414. The van der Waals surface area contributed by atoms with Gasteiger partial charge in [0, 0.05) is 41.4 Å². The molecule has 0 amide bonds. The topological polar surface area (TPSA) is 102 Å². The number of aliphatic carboxylic acids is 1. The number of carboxylic acid groups (broad SMARTS) is 1. The molecule has 0 saturated heterocycles. The number of hydrogen-bond acceptors (Lipinski definition) is 6. The highest BCUT2D eigenvalue weighted by molar-refractivity contribution is 5.80. The largest absolute Gasteiger partial charge is 0.481 e. The molecule has 5 rings (SSSR count). The molecule has 0 bridgehead atoms. The van der Waals surface area contributed by atoms with Gasteiger partial charge in [-0.15, -0.1) is 0 Å². The van der Waals surface area contributed by atoms with E-state index in [4.69, 9.17) is 9.47 Å². The lowest BCUT2D eigenvalue weighted by molar-refractivity contribution is -0.139. The predicted molar refractivity (Wildman–Crippen MR) is 135 cm³/mol. The maximum Gasteiger partial charge on any atom is 0.417 e. The highest BCUT2D eigenvalue weighted by atomic mass is 19.4. The maximum absolute atomic E-state index is 14.8. The fourth-order valence-electron chi connectivity index (χ4n) is 5.60. The van der Waals surface area contributed by atoms with E-state index in [-0.39, 0.29) is 36.0 Å². The number of hydrogen-bond donors (Lipinski definition) is 2. The Labute approximate surface area is 232 Å². The number of aliphatic hydroxyl groups is 1. The van der Waals surface area contributed by atoms with Crippen LogP contribution in [0.15, 0.2) is 36.7 Å². The molecular formula is C29H27F5N2O5. The SMILES string of the molecule is CC(C)(O)CCOc1ncc(-c2cc(COc3cc4c(cn3)C3(C)[C@@H](C4)[C@@H]3C(=O)O)c(F)cc2C(F)(F)F)cc1F. The van der Waals surface area contributed by atoms with Gasteiger partial charge in [-0.05, 0) is 61.1 Å². The zero-order valence-electron chi connectivity index (χ0n) is 22.4. The second-order valence-corrected chi connectivity index (χ2v) is 11.3. The van der Waals surface area contributed by atoms with Gasteiger partial charge in [0.2, 0.25) is 11.8 Å². The van der Waals surface area contributed by atoms with Crippen LogP contribution in [0.25, 0.3) is 11.1 Å². The van der Waals surface area contributed by atoms with Crippen molar-refractivity contribution >= 4 is 5.97 Å². The summed E-state index contributed by atoms with van der Waals surface area (Å²) < 4.78 is 81.8. The lowest BCUT2D eigenvalue weighted by Crippen LogP contribution is -2.22. The maximum atomic E-state index is 14.8. The zero-order valence-corrected chi connectivity index (χ0v) is 22.4. The summed E-state index contributed by atoms with van der Waals surface area (Å²) in [7, 11) is 0. The first-order chi connectivity index (χ1) is 19.1. The number of pyridine rings is 2. The van der Waals surface area contributed by atoms with Crippen molar-refractivity contribution in [2.45, 2.75) is 57.4 Å². The number of halogens is 5. The van der Waals surface area contributed by atoms with Gasteiger partial charge in [-0.25, -0.2) is 18.7 Å². The van der Waals surface area contributed by atoms with Crippen molar-refractivity contribution in [1.82, 2.24) is 9.97 Å². The van der Waals surface area contributed by atoms with Gasteiger partial charge in [-0.2, -0.15) is 13.2 Å². The van der Waals surface area contributed by atoms with E-state index in [9.17, 15) is 37.0 Å². The Kier molecular flexibility index (Phi) is 6.96. The Morgan fingerprint density at radius 3 is 2.44 bits per heavy atom. The van der Waals surface area contributed by atoms with Crippen LogP contribution in [0.2, 0.25) is 0 Å². The average Bonchev–Trinajstić information content (AvgIpc) is 3.36. The van der Waals surface area contributed by atoms with Crippen LogP contribution in [0.5, 0.6) is 11.8 Å². The van der Waals surface area contributed by atoms with Gasteiger partial charge in [0.05, 0.1) is 23.7 Å². The van der Waals surface area contributed by atoms with Crippen LogP contribution in [0.3, 0.4) is 0 Å². The molecule has 1 unspecified atom stereocenters. The molecule has 2 N–H and O–H groups in total. The summed E-state index contributed by atoms with van der Waals surface area (Å²) in [6.07, 6.45) is -1.73. The number of ether oxygens (including phenoxy) is 2. The molecule has 1 aromatic carbocycles. The number of carboxylic acids is 1. The van der Waals surface area contributed by atoms with E-state index in [2.05, 4.69) is 9.97 Å². The van der Waals surface area contributed by atoms with Crippen molar-refractivity contribution < 1.29 is 46.4 Å². The third kappa shape index (κ3) is 5.44. The number of fused-ring (bicyclic) bond motifs is 3. The molecule has 2 aromatic heterocycles. The first-order valence-electron chi connectivity index (χ1n) is 12.9. The van der Waals surface area contributed by atoms with Crippen LogP contribution >= 0.6 is 0 Å². The molecule has 3 aromatic rings. The van der Waals surface area contributed by atoms with Gasteiger partial charge in [0.25, 0.3) is 0 Å². The molecule has 1 saturated carbocycles. The molecule has 1 fully saturated rings. The fourth-order valence-corrected chi connectivity index (χ4v) is 5.60. The number of rotatable bonds is 9. The van der Waals surface area contributed by atoms with Gasteiger partial charge in [0.1, 0.15) is 12.4 Å². The predicted octanol–water partition coefficient (Wildman–Crippen LogP) is 5.70. The van der Waals surface area contributed by atoms with Gasteiger partial charge in [-0.1, -0.05) is 6.92 Å². The Morgan fingerprint density at radius 2 is 1.80 bits per heavy atom. The number of nitrogens with zero attached hydrogens (tertiary/aromatic N) is 2. The normalized spacial score (nSPS) is 21.3. The Hall–Kier alpha value is -3.80. The Bertz CT molecular complexity index is 1520. The van der Waals surface area contributed by atoms with E-state index in [1.54, 1.807) is 6.07 Å². The number of alkyl halides is 3. The average molecular weight is 579 g/mol. The lowest BCUT2D eigenvalue weighted by atomic mass is 9.96. The molecule has 0 spiro atoms. The van der Waals surface area contributed by atoms with Crippen molar-refractivity contribution in [3.05, 3.63) is 70.5 Å². The quantitative estimate of drug-likeness (QED) is 0.314. The molecule has 2 heterocycles. The zero-order chi connectivity index (χ0) is 29.9. The smallest absolute Gasteiger partial charge is 0.417 e. The van der Waals surface area contributed by atoms with E-state index in [1.165, 1.54) is 20.0 Å². The third-order valence-electron chi connectivity index (χ3n) is 7.90. The summed E-state index contributed by atoms with van der Waals surface area (Å²) in [5, 5.41) is 19.2. The molecule has 0 aliphatic heterocycles. The number of aromatic nitrogens is 2. The minimum Gasteiger partial charge on any atom is -0.481 e. The molecule has 12 heteroatoms. The molecule has 0 radical (unpaired) electrons. The van der Waals surface area contributed by atoms with Crippen LogP contribution in [0, 0.1) is 23.5 Å². The van der Waals surface area contributed by atoms with E-state index < -0.39 is 64.3 Å². The molecular weight excluding hydrogens is 551 g/mol. The van der Waals surface area contributed by atoms with Crippen LogP contribution in [0.4, 0.5) is 22.0 Å². The molecule has 2 aliphatic carbocycles. The highest BCUT2D eigenvalue weighted by Crippen LogP contribution is 2.66. The Morgan fingerprint density at radius 1 is 1.07 bits per heavy atom. The first-order valence-corrected chi connectivity index (χ1v) is 12.9. The summed E-state index contributed by atoms with van der Waals surface area (Å²) in [5.41, 5.74) is -2.17. The molecule has 218 valence electrons. The van der Waals surface area contributed by atoms with Crippen molar-refractivity contribution in [1.29, 1.82) is 0 Å². The summed E-state index contributed by atoms with van der Waals surface area (Å²) in [6, 6.07) is 3.71. The third-order valence-corrected chi connectivity index (χ3v) is 7.90. The van der Waals surface area contributed by atoms with Crippen molar-refractivity contribution in [3.63, 3.8) is 0 Å². The second kappa shape index (κ2) is 9.93. The summed E-state index contributed by atoms with van der Waals surface area (Å²) >= 11 is 0. The van der Waals surface area contributed by atoms with Crippen LogP contribution in [0.1, 0.15) is 49.4 Å². The van der Waals surface area contributed by atoms with Crippen molar-refractivity contribution in [2.75, 3.05) is 6.61 Å². The second-order valence-electron chi connectivity index (χ2n) is 11.3. The number of benzene rings is 1. The first kappa shape index (κ1) is 28.7. The van der Waals surface area contributed by atoms with E-state index in [1.807, 2.05) is 6.92 Å². The molecule has 2 aliphatic rings. The van der Waals surface area contributed by atoms with Crippen LogP contribution < -0.4 is 9.47 Å². The van der Waals surface area contributed by atoms with Crippen LogP contribution in [-0.4, -0.2) is 38.4 Å². The monoisotopic (exact) mass is 578 g/mol. The molecule has 7 nitrogen and oxygen atoms in total. The van der Waals surface area contributed by atoms with E-state index in [0.29, 0.717) is 12.5 Å². The van der Waals surface area contributed by atoms with E-state index >= 15 is 0 Å². The summed E-state index contributed by atoms with van der Waals surface area (Å²) in [6.45, 7) is 4.41. The van der Waals surface area contributed by atoms with Gasteiger partial charge in [0.15, 0.2) is 5.82 Å². The standard InChI is InChI=1S/C29H27F5N2O5/c1-27(2,39)4-5-40-25-22(31)8-15(11-36-25)17-6-16(21(30)10-18(17)29(32,33)34)13-41-23-9-14-7-19-24(26(37)38)28(19,3)20(14)12-35-23/h6,8-12,19,24,39H,4-5,7,13H2,1-3H3,(H,37,38)/t19-,24+,28?/m0/s1.